The van der Waals surface area contributed by atoms with Gasteiger partial charge in [-0.05, 0) is 63.1 Å². The number of anilines is 1. The van der Waals surface area contributed by atoms with Crippen molar-refractivity contribution in [3.8, 4) is 28.1 Å². The number of fused-ring (bicyclic) bond motifs is 2. The molecule has 2 N–H and O–H groups in total. The number of benzene rings is 2. The fraction of sp³-hybridized carbons (Fsp3) is 0.200. The number of aryl methyl sites for hydroxylation is 1. The van der Waals surface area contributed by atoms with E-state index in [1.165, 1.54) is 23.7 Å². The molecule has 40 heavy (non-hydrogen) atoms. The lowest BCUT2D eigenvalue weighted by Gasteiger charge is -2.18. The number of aromatic nitrogens is 5. The Morgan fingerprint density at radius 1 is 1.02 bits per heavy atom. The fourth-order valence-corrected chi connectivity index (χ4v) is 5.97. The van der Waals surface area contributed by atoms with Gasteiger partial charge in [-0.25, -0.2) is 19.0 Å². The highest BCUT2D eigenvalue weighted by Crippen LogP contribution is 2.37. The molecule has 0 saturated carbocycles. The third-order valence-corrected chi connectivity index (χ3v) is 7.87. The average molecular weight is 555 g/mol. The van der Waals surface area contributed by atoms with Crippen LogP contribution in [0.5, 0.6) is 5.75 Å². The highest BCUT2D eigenvalue weighted by atomic mass is 32.1. The zero-order valence-electron chi connectivity index (χ0n) is 22.4. The van der Waals surface area contributed by atoms with E-state index in [1.54, 1.807) is 21.2 Å². The van der Waals surface area contributed by atoms with E-state index in [9.17, 15) is 4.79 Å². The van der Waals surface area contributed by atoms with Crippen molar-refractivity contribution in [3.63, 3.8) is 0 Å². The molecular formula is C30H27FN6O2S. The van der Waals surface area contributed by atoms with Crippen LogP contribution in [0.15, 0.2) is 71.1 Å². The molecule has 0 aliphatic heterocycles. The zero-order chi connectivity index (χ0) is 28.1. The maximum atomic E-state index is 15.0. The van der Waals surface area contributed by atoms with Crippen molar-refractivity contribution < 1.29 is 9.13 Å². The van der Waals surface area contributed by atoms with Crippen molar-refractivity contribution in [1.29, 1.82) is 0 Å². The van der Waals surface area contributed by atoms with Crippen LogP contribution >= 0.6 is 11.3 Å². The molecule has 0 bridgehead atoms. The third-order valence-electron chi connectivity index (χ3n) is 6.87. The molecule has 0 unspecified atom stereocenters. The third kappa shape index (κ3) is 4.21. The summed E-state index contributed by atoms with van der Waals surface area (Å²) in [5, 5.41) is 7.38. The highest BCUT2D eigenvalue weighted by Gasteiger charge is 2.26. The molecule has 0 aliphatic rings. The Hall–Kier alpha value is -4.57. The Morgan fingerprint density at radius 2 is 1.80 bits per heavy atom. The summed E-state index contributed by atoms with van der Waals surface area (Å²) in [6, 6.07) is 15.9. The number of thiazole rings is 1. The molecule has 1 atom stereocenters. The van der Waals surface area contributed by atoms with Crippen molar-refractivity contribution in [2.24, 2.45) is 0 Å². The lowest BCUT2D eigenvalue weighted by molar-refractivity contribution is 0.231. The van der Waals surface area contributed by atoms with Crippen LogP contribution in [-0.4, -0.2) is 30.3 Å². The van der Waals surface area contributed by atoms with Crippen LogP contribution in [0.4, 0.5) is 10.2 Å². The van der Waals surface area contributed by atoms with Gasteiger partial charge in [-0.1, -0.05) is 30.3 Å². The number of halogens is 1. The molecule has 4 aromatic heterocycles. The van der Waals surface area contributed by atoms with Gasteiger partial charge in [0, 0.05) is 16.6 Å². The van der Waals surface area contributed by atoms with E-state index in [1.807, 2.05) is 69.5 Å². The number of nitrogens with two attached hydrogens (primary N) is 1. The standard InChI is InChI=1S/C30H27FN6O2S/c1-16(2)39-23-11-10-20(12-22(23)31)27-26-28(32)33-15-34-29(26)37(35-27)18(4)21-13-24-36(17(3)14-40-24)30(38)25(21)19-8-6-5-7-9-19/h5-16,18H,1-4H3,(H2,32,33,34)/t18-/m0/s1. The topological polar surface area (TPSA) is 100 Å². The summed E-state index contributed by atoms with van der Waals surface area (Å²) in [5.41, 5.74) is 10.7. The predicted molar refractivity (Wildman–Crippen MR) is 156 cm³/mol. The van der Waals surface area contributed by atoms with E-state index in [0.29, 0.717) is 27.9 Å². The lowest BCUT2D eigenvalue weighted by atomic mass is 9.97. The normalized spacial score (nSPS) is 12.4. The van der Waals surface area contributed by atoms with Crippen molar-refractivity contribution in [2.45, 2.75) is 39.8 Å². The maximum Gasteiger partial charge on any atom is 0.264 e. The Bertz CT molecular complexity index is 1940. The van der Waals surface area contributed by atoms with Gasteiger partial charge in [-0.2, -0.15) is 5.10 Å². The highest BCUT2D eigenvalue weighted by molar-refractivity contribution is 7.15. The number of rotatable bonds is 6. The molecule has 0 radical (unpaired) electrons. The second kappa shape index (κ2) is 9.87. The molecule has 0 saturated heterocycles. The van der Waals surface area contributed by atoms with Gasteiger partial charge in [-0.3, -0.25) is 9.20 Å². The first-order chi connectivity index (χ1) is 19.2. The Kier molecular flexibility index (Phi) is 6.34. The molecule has 10 heteroatoms. The summed E-state index contributed by atoms with van der Waals surface area (Å²) in [4.78, 5) is 23.4. The van der Waals surface area contributed by atoms with Crippen LogP contribution in [0, 0.1) is 12.7 Å². The minimum Gasteiger partial charge on any atom is -0.488 e. The molecule has 6 rings (SSSR count). The van der Waals surface area contributed by atoms with Crippen molar-refractivity contribution in [3.05, 3.63) is 93.7 Å². The van der Waals surface area contributed by atoms with E-state index in [-0.39, 0.29) is 23.2 Å². The Balaban J connectivity index is 1.58. The lowest BCUT2D eigenvalue weighted by Crippen LogP contribution is -2.21. The zero-order valence-corrected chi connectivity index (χ0v) is 23.2. The minimum absolute atomic E-state index is 0.0991. The Morgan fingerprint density at radius 3 is 2.52 bits per heavy atom. The van der Waals surface area contributed by atoms with Gasteiger partial charge in [-0.15, -0.1) is 11.3 Å². The molecule has 202 valence electrons. The van der Waals surface area contributed by atoms with Crippen molar-refractivity contribution in [1.82, 2.24) is 24.1 Å². The van der Waals surface area contributed by atoms with E-state index in [4.69, 9.17) is 15.6 Å². The fourth-order valence-electron chi connectivity index (χ4n) is 5.05. The molecular weight excluding hydrogens is 527 g/mol. The molecule has 0 aliphatic carbocycles. The van der Waals surface area contributed by atoms with Gasteiger partial charge in [0.15, 0.2) is 17.2 Å². The first kappa shape index (κ1) is 25.7. The second-order valence-corrected chi connectivity index (χ2v) is 10.8. The summed E-state index contributed by atoms with van der Waals surface area (Å²) >= 11 is 1.51. The summed E-state index contributed by atoms with van der Waals surface area (Å²) < 4.78 is 24.0. The first-order valence-electron chi connectivity index (χ1n) is 12.9. The van der Waals surface area contributed by atoms with Gasteiger partial charge in [0.1, 0.15) is 22.7 Å². The van der Waals surface area contributed by atoms with Crippen LogP contribution in [0.25, 0.3) is 38.2 Å². The number of nitrogen functional groups attached to an aromatic ring is 1. The average Bonchev–Trinajstić information content (AvgIpc) is 3.51. The van der Waals surface area contributed by atoms with E-state index in [2.05, 4.69) is 9.97 Å². The molecule has 0 amide bonds. The van der Waals surface area contributed by atoms with Crippen LogP contribution in [0.1, 0.15) is 38.1 Å². The van der Waals surface area contributed by atoms with Crippen LogP contribution in [-0.2, 0) is 0 Å². The maximum absolute atomic E-state index is 15.0. The molecule has 6 aromatic rings. The van der Waals surface area contributed by atoms with Crippen LogP contribution in [0.3, 0.4) is 0 Å². The molecule has 0 spiro atoms. The van der Waals surface area contributed by atoms with E-state index < -0.39 is 11.9 Å². The second-order valence-electron chi connectivity index (χ2n) is 9.94. The van der Waals surface area contributed by atoms with Gasteiger partial charge in [0.2, 0.25) is 0 Å². The van der Waals surface area contributed by atoms with Gasteiger partial charge < -0.3 is 10.5 Å². The first-order valence-corrected chi connectivity index (χ1v) is 13.8. The number of nitrogens with zero attached hydrogens (tertiary/aromatic N) is 5. The number of ether oxygens (including phenoxy) is 1. The van der Waals surface area contributed by atoms with E-state index >= 15 is 4.39 Å². The van der Waals surface area contributed by atoms with Gasteiger partial charge >= 0.3 is 0 Å². The van der Waals surface area contributed by atoms with Crippen LogP contribution < -0.4 is 16.0 Å². The summed E-state index contributed by atoms with van der Waals surface area (Å²) in [5.74, 6) is -0.114. The monoisotopic (exact) mass is 554 g/mol. The molecule has 0 fully saturated rings. The van der Waals surface area contributed by atoms with Gasteiger partial charge in [0.25, 0.3) is 5.56 Å². The smallest absolute Gasteiger partial charge is 0.264 e. The summed E-state index contributed by atoms with van der Waals surface area (Å²) in [6.07, 6.45) is 1.21. The molecule has 4 heterocycles. The van der Waals surface area contributed by atoms with Crippen LogP contribution in [0.2, 0.25) is 0 Å². The largest absolute Gasteiger partial charge is 0.488 e. The summed E-state index contributed by atoms with van der Waals surface area (Å²) in [7, 11) is 0. The molecule has 2 aromatic carbocycles. The SMILES string of the molecule is Cc1csc2cc([C@H](C)n3nc(-c4ccc(OC(C)C)c(F)c4)c4c(N)ncnc43)c(-c3ccccc3)c(=O)n12. The number of hydrogen-bond acceptors (Lipinski definition) is 7. The van der Waals surface area contributed by atoms with Crippen molar-refractivity contribution in [2.75, 3.05) is 5.73 Å². The number of hydrogen-bond donors (Lipinski definition) is 1. The summed E-state index contributed by atoms with van der Waals surface area (Å²) in [6.45, 7) is 7.57. The predicted octanol–water partition coefficient (Wildman–Crippen LogP) is 6.26. The number of pyridine rings is 1. The molecule has 8 nitrogen and oxygen atoms in total. The van der Waals surface area contributed by atoms with E-state index in [0.717, 1.165) is 21.7 Å². The van der Waals surface area contributed by atoms with Crippen molar-refractivity contribution >= 4 is 33.0 Å². The van der Waals surface area contributed by atoms with Gasteiger partial charge in [0.05, 0.1) is 23.1 Å². The minimum atomic E-state index is -0.504. The Labute approximate surface area is 233 Å². The quantitative estimate of drug-likeness (QED) is 0.261.